The normalized spacial score (nSPS) is 10.9. The number of furan rings is 1. The summed E-state index contributed by atoms with van der Waals surface area (Å²) in [7, 11) is 0. The van der Waals surface area contributed by atoms with Gasteiger partial charge in [-0.15, -0.1) is 0 Å². The third-order valence-corrected chi connectivity index (χ3v) is 3.54. The zero-order valence-corrected chi connectivity index (χ0v) is 12.9. The summed E-state index contributed by atoms with van der Waals surface area (Å²) in [6.45, 7) is 9.31. The number of hydrogen-bond donors (Lipinski definition) is 1. The van der Waals surface area contributed by atoms with Gasteiger partial charge in [-0.05, 0) is 44.7 Å². The highest BCUT2D eigenvalue weighted by Crippen LogP contribution is 2.22. The maximum atomic E-state index is 13.4. The molecule has 114 valence electrons. The number of aryl methyl sites for hydroxylation is 1. The van der Waals surface area contributed by atoms with Gasteiger partial charge in [-0.2, -0.15) is 0 Å². The smallest absolute Gasteiger partial charge is 0.125 e. The molecule has 4 heteroatoms. The molecule has 1 N–H and O–H groups in total. The molecular weight excluding hydrogens is 267 g/mol. The Bertz CT molecular complexity index is 580. The van der Waals surface area contributed by atoms with Crippen molar-refractivity contribution in [3.05, 3.63) is 53.2 Å². The monoisotopic (exact) mass is 290 g/mol. The van der Waals surface area contributed by atoms with E-state index in [-0.39, 0.29) is 5.82 Å². The third kappa shape index (κ3) is 4.08. The molecule has 0 atom stereocenters. The van der Waals surface area contributed by atoms with Crippen LogP contribution in [-0.4, -0.2) is 13.1 Å². The summed E-state index contributed by atoms with van der Waals surface area (Å²) in [5.74, 6) is 1.67. The molecule has 1 heterocycles. The first-order valence-corrected chi connectivity index (χ1v) is 7.43. The molecule has 1 aromatic carbocycles. The number of rotatable bonds is 7. The van der Waals surface area contributed by atoms with E-state index < -0.39 is 0 Å². The molecule has 0 aliphatic carbocycles. The lowest BCUT2D eigenvalue weighted by molar-refractivity contribution is 0.463. The maximum absolute atomic E-state index is 13.4. The molecule has 1 aromatic heterocycles. The summed E-state index contributed by atoms with van der Waals surface area (Å²) < 4.78 is 19.1. The van der Waals surface area contributed by atoms with Crippen molar-refractivity contribution in [3.63, 3.8) is 0 Å². The number of anilines is 1. The van der Waals surface area contributed by atoms with Crippen molar-refractivity contribution in [1.29, 1.82) is 0 Å². The van der Waals surface area contributed by atoms with Gasteiger partial charge < -0.3 is 14.6 Å². The van der Waals surface area contributed by atoms with Crippen LogP contribution in [0.15, 0.2) is 34.7 Å². The fourth-order valence-corrected chi connectivity index (χ4v) is 2.34. The van der Waals surface area contributed by atoms with E-state index in [0.717, 1.165) is 49.0 Å². The van der Waals surface area contributed by atoms with E-state index in [1.54, 1.807) is 12.1 Å². The summed E-state index contributed by atoms with van der Waals surface area (Å²) in [5, 5.41) is 3.25. The van der Waals surface area contributed by atoms with Crippen LogP contribution >= 0.6 is 0 Å². The minimum atomic E-state index is -0.206. The van der Waals surface area contributed by atoms with Crippen LogP contribution in [-0.2, 0) is 13.1 Å². The van der Waals surface area contributed by atoms with Crippen LogP contribution in [0.3, 0.4) is 0 Å². The quantitative estimate of drug-likeness (QED) is 0.839. The number of halogens is 1. The fraction of sp³-hybridized carbons (Fsp3) is 0.412. The lowest BCUT2D eigenvalue weighted by Crippen LogP contribution is -2.22. The predicted molar refractivity (Wildman–Crippen MR) is 83.9 cm³/mol. The van der Waals surface area contributed by atoms with Crippen molar-refractivity contribution in [1.82, 2.24) is 5.32 Å². The molecule has 3 nitrogen and oxygen atoms in total. The summed E-state index contributed by atoms with van der Waals surface area (Å²) in [4.78, 5) is 2.14. The van der Waals surface area contributed by atoms with Gasteiger partial charge in [0.1, 0.15) is 17.3 Å². The van der Waals surface area contributed by atoms with Gasteiger partial charge >= 0.3 is 0 Å². The van der Waals surface area contributed by atoms with Crippen LogP contribution in [0.1, 0.15) is 30.9 Å². The van der Waals surface area contributed by atoms with Crippen molar-refractivity contribution < 1.29 is 8.81 Å². The second-order valence-corrected chi connectivity index (χ2v) is 5.07. The van der Waals surface area contributed by atoms with E-state index in [1.807, 2.05) is 13.0 Å². The highest BCUT2D eigenvalue weighted by atomic mass is 19.1. The third-order valence-electron chi connectivity index (χ3n) is 3.54. The van der Waals surface area contributed by atoms with Gasteiger partial charge in [-0.1, -0.05) is 13.0 Å². The Balaban J connectivity index is 2.13. The maximum Gasteiger partial charge on any atom is 0.125 e. The summed E-state index contributed by atoms with van der Waals surface area (Å²) in [6, 6.07) is 8.79. The highest BCUT2D eigenvalue weighted by Gasteiger charge is 2.12. The van der Waals surface area contributed by atoms with Crippen LogP contribution < -0.4 is 10.2 Å². The predicted octanol–water partition coefficient (Wildman–Crippen LogP) is 3.86. The Hall–Kier alpha value is -1.81. The zero-order chi connectivity index (χ0) is 15.2. The SMILES string of the molecule is CCNCc1cc(CN(CC)c2cccc(F)c2)c(C)o1. The molecule has 2 rings (SSSR count). The van der Waals surface area contributed by atoms with Crippen LogP contribution in [0.4, 0.5) is 10.1 Å². The molecule has 0 aliphatic heterocycles. The second-order valence-electron chi connectivity index (χ2n) is 5.07. The molecule has 0 aliphatic rings. The zero-order valence-electron chi connectivity index (χ0n) is 12.9. The molecule has 0 saturated carbocycles. The first kappa shape index (κ1) is 15.6. The minimum absolute atomic E-state index is 0.206. The number of benzene rings is 1. The Morgan fingerprint density at radius 3 is 2.71 bits per heavy atom. The van der Waals surface area contributed by atoms with E-state index in [0.29, 0.717) is 0 Å². The standard InChI is InChI=1S/C17H23FN2O/c1-4-19-11-17-9-14(13(3)21-17)12-20(5-2)16-8-6-7-15(18)10-16/h6-10,19H,4-5,11-12H2,1-3H3. The van der Waals surface area contributed by atoms with Crippen LogP contribution in [0.2, 0.25) is 0 Å². The van der Waals surface area contributed by atoms with Gasteiger partial charge in [0, 0.05) is 24.3 Å². The molecule has 0 saturated heterocycles. The minimum Gasteiger partial charge on any atom is -0.465 e. The van der Waals surface area contributed by atoms with E-state index in [4.69, 9.17) is 4.42 Å². The summed E-state index contributed by atoms with van der Waals surface area (Å²) >= 11 is 0. The number of nitrogens with zero attached hydrogens (tertiary/aromatic N) is 1. The Labute approximate surface area is 125 Å². The van der Waals surface area contributed by atoms with Crippen LogP contribution in [0, 0.1) is 12.7 Å². The van der Waals surface area contributed by atoms with Crippen molar-refractivity contribution in [3.8, 4) is 0 Å². The van der Waals surface area contributed by atoms with Crippen molar-refractivity contribution >= 4 is 5.69 Å². The topological polar surface area (TPSA) is 28.4 Å². The number of nitrogens with one attached hydrogen (secondary N) is 1. The van der Waals surface area contributed by atoms with E-state index in [1.165, 1.54) is 6.07 Å². The van der Waals surface area contributed by atoms with Crippen molar-refractivity contribution in [2.45, 2.75) is 33.9 Å². The molecule has 0 amide bonds. The fourth-order valence-electron chi connectivity index (χ4n) is 2.34. The van der Waals surface area contributed by atoms with Gasteiger partial charge in [-0.3, -0.25) is 0 Å². The van der Waals surface area contributed by atoms with Crippen molar-refractivity contribution in [2.24, 2.45) is 0 Å². The van der Waals surface area contributed by atoms with Gasteiger partial charge in [0.05, 0.1) is 6.54 Å². The second kappa shape index (κ2) is 7.27. The lowest BCUT2D eigenvalue weighted by atomic mass is 10.2. The first-order chi connectivity index (χ1) is 10.1. The Morgan fingerprint density at radius 1 is 1.24 bits per heavy atom. The average molecular weight is 290 g/mol. The van der Waals surface area contributed by atoms with Gasteiger partial charge in [0.2, 0.25) is 0 Å². The molecule has 21 heavy (non-hydrogen) atoms. The highest BCUT2D eigenvalue weighted by molar-refractivity contribution is 5.47. The summed E-state index contributed by atoms with van der Waals surface area (Å²) in [5.41, 5.74) is 2.04. The molecule has 2 aromatic rings. The molecule has 0 spiro atoms. The molecule has 0 bridgehead atoms. The number of hydrogen-bond acceptors (Lipinski definition) is 3. The van der Waals surface area contributed by atoms with Gasteiger partial charge in [0.15, 0.2) is 0 Å². The first-order valence-electron chi connectivity index (χ1n) is 7.43. The largest absolute Gasteiger partial charge is 0.465 e. The van der Waals surface area contributed by atoms with Gasteiger partial charge in [0.25, 0.3) is 0 Å². The lowest BCUT2D eigenvalue weighted by Gasteiger charge is -2.22. The van der Waals surface area contributed by atoms with Crippen molar-refractivity contribution in [2.75, 3.05) is 18.0 Å². The Kier molecular flexibility index (Phi) is 5.39. The molecule has 0 fully saturated rings. The van der Waals surface area contributed by atoms with Crippen LogP contribution in [0.5, 0.6) is 0 Å². The van der Waals surface area contributed by atoms with E-state index in [9.17, 15) is 4.39 Å². The summed E-state index contributed by atoms with van der Waals surface area (Å²) in [6.07, 6.45) is 0. The van der Waals surface area contributed by atoms with Gasteiger partial charge in [-0.25, -0.2) is 4.39 Å². The molecule has 0 radical (unpaired) electrons. The molecular formula is C17H23FN2O. The average Bonchev–Trinajstić information content (AvgIpc) is 2.82. The Morgan fingerprint density at radius 2 is 2.05 bits per heavy atom. The van der Waals surface area contributed by atoms with E-state index in [2.05, 4.69) is 30.1 Å². The molecule has 0 unspecified atom stereocenters. The van der Waals surface area contributed by atoms with Crippen LogP contribution in [0.25, 0.3) is 0 Å². The van der Waals surface area contributed by atoms with E-state index >= 15 is 0 Å².